The van der Waals surface area contributed by atoms with Crippen LogP contribution < -0.4 is 5.32 Å². The number of nitrogens with zero attached hydrogens (tertiary/aromatic N) is 1. The van der Waals surface area contributed by atoms with Crippen LogP contribution in [0, 0.1) is 11.7 Å². The highest BCUT2D eigenvalue weighted by atomic mass is 19.1. The van der Waals surface area contributed by atoms with E-state index in [4.69, 9.17) is 0 Å². The lowest BCUT2D eigenvalue weighted by Gasteiger charge is -2.31. The summed E-state index contributed by atoms with van der Waals surface area (Å²) in [6.07, 6.45) is 1.33. The zero-order valence-electron chi connectivity index (χ0n) is 13.3. The quantitative estimate of drug-likeness (QED) is 0.909. The maximum atomic E-state index is 13.0. The van der Waals surface area contributed by atoms with Crippen LogP contribution in [0.4, 0.5) is 4.39 Å². The van der Waals surface area contributed by atoms with Gasteiger partial charge in [-0.05, 0) is 37.0 Å². The largest absolute Gasteiger partial charge is 0.348 e. The first-order chi connectivity index (χ1) is 10.4. The fraction of sp³-hybridized carbons (Fsp3) is 0.529. The maximum absolute atomic E-state index is 13.0. The summed E-state index contributed by atoms with van der Waals surface area (Å²) >= 11 is 0. The Kier molecular flexibility index (Phi) is 5.16. The normalized spacial score (nSPS) is 17.7. The van der Waals surface area contributed by atoms with Crippen LogP contribution in [0.5, 0.6) is 0 Å². The number of carbonyl (C=O) groups excluding carboxylic acids is 2. The van der Waals surface area contributed by atoms with Crippen molar-refractivity contribution in [2.75, 3.05) is 6.54 Å². The second kappa shape index (κ2) is 6.90. The summed E-state index contributed by atoms with van der Waals surface area (Å²) in [5.41, 5.74) is 0.838. The van der Waals surface area contributed by atoms with Gasteiger partial charge in [0.25, 0.3) is 0 Å². The van der Waals surface area contributed by atoms with Crippen LogP contribution >= 0.6 is 0 Å². The molecule has 0 bridgehead atoms. The number of amides is 2. The summed E-state index contributed by atoms with van der Waals surface area (Å²) in [5.74, 6) is -0.363. The first kappa shape index (κ1) is 16.5. The molecule has 4 nitrogen and oxygen atoms in total. The van der Waals surface area contributed by atoms with Crippen LogP contribution in [0.2, 0.25) is 0 Å². The number of carbonyl (C=O) groups is 2. The van der Waals surface area contributed by atoms with Crippen LogP contribution in [-0.2, 0) is 9.59 Å². The molecular formula is C17H23FN2O2. The molecule has 2 unspecified atom stereocenters. The predicted molar refractivity (Wildman–Crippen MR) is 82.5 cm³/mol. The number of nitrogens with one attached hydrogen (secondary N) is 1. The molecule has 1 heterocycles. The monoisotopic (exact) mass is 306 g/mol. The first-order valence-corrected chi connectivity index (χ1v) is 7.75. The Bertz CT molecular complexity index is 542. The van der Waals surface area contributed by atoms with Gasteiger partial charge in [0, 0.05) is 13.0 Å². The molecule has 2 amide bonds. The highest BCUT2D eigenvalue weighted by Gasteiger charge is 2.35. The summed E-state index contributed by atoms with van der Waals surface area (Å²) in [7, 11) is 0. The van der Waals surface area contributed by atoms with E-state index in [-0.39, 0.29) is 29.6 Å². The number of likely N-dealkylation sites (tertiary alicyclic amines) is 1. The smallest absolute Gasteiger partial charge is 0.243 e. The average Bonchev–Trinajstić information content (AvgIpc) is 2.85. The fourth-order valence-electron chi connectivity index (χ4n) is 2.90. The van der Waals surface area contributed by atoms with Crippen molar-refractivity contribution in [1.29, 1.82) is 0 Å². The Morgan fingerprint density at radius 1 is 1.23 bits per heavy atom. The molecule has 1 N–H and O–H groups in total. The summed E-state index contributed by atoms with van der Waals surface area (Å²) in [6, 6.07) is 5.39. The van der Waals surface area contributed by atoms with Gasteiger partial charge in [-0.25, -0.2) is 4.39 Å². The Morgan fingerprint density at radius 2 is 1.86 bits per heavy atom. The molecule has 0 aliphatic carbocycles. The lowest BCUT2D eigenvalue weighted by molar-refractivity contribution is -0.139. The SMILES string of the molecule is CC(NC(=O)C(C(C)C)N1CCCC1=O)c1ccc(F)cc1. The minimum Gasteiger partial charge on any atom is -0.348 e. The zero-order valence-corrected chi connectivity index (χ0v) is 13.3. The van der Waals surface area contributed by atoms with E-state index in [1.807, 2.05) is 20.8 Å². The maximum Gasteiger partial charge on any atom is 0.243 e. The molecule has 1 saturated heterocycles. The predicted octanol–water partition coefficient (Wildman–Crippen LogP) is 2.65. The van der Waals surface area contributed by atoms with Crippen molar-refractivity contribution in [3.8, 4) is 0 Å². The van der Waals surface area contributed by atoms with Gasteiger partial charge in [-0.1, -0.05) is 26.0 Å². The van der Waals surface area contributed by atoms with Crippen molar-refractivity contribution >= 4 is 11.8 Å². The van der Waals surface area contributed by atoms with Crippen molar-refractivity contribution in [2.24, 2.45) is 5.92 Å². The summed E-state index contributed by atoms with van der Waals surface area (Å²) in [6.45, 7) is 6.38. The Morgan fingerprint density at radius 3 is 2.36 bits per heavy atom. The topological polar surface area (TPSA) is 49.4 Å². The molecule has 120 valence electrons. The van der Waals surface area contributed by atoms with E-state index in [0.29, 0.717) is 13.0 Å². The first-order valence-electron chi connectivity index (χ1n) is 7.75. The molecule has 1 aliphatic rings. The molecule has 2 atom stereocenters. The van der Waals surface area contributed by atoms with E-state index in [9.17, 15) is 14.0 Å². The number of halogens is 1. The van der Waals surface area contributed by atoms with Gasteiger partial charge >= 0.3 is 0 Å². The van der Waals surface area contributed by atoms with Crippen molar-refractivity contribution in [3.63, 3.8) is 0 Å². The molecule has 2 rings (SSSR count). The van der Waals surface area contributed by atoms with Crippen molar-refractivity contribution in [1.82, 2.24) is 10.2 Å². The van der Waals surface area contributed by atoms with Gasteiger partial charge in [-0.15, -0.1) is 0 Å². The van der Waals surface area contributed by atoms with E-state index in [1.165, 1.54) is 12.1 Å². The second-order valence-corrected chi connectivity index (χ2v) is 6.16. The number of hydrogen-bond acceptors (Lipinski definition) is 2. The third-order valence-electron chi connectivity index (χ3n) is 4.07. The lowest BCUT2D eigenvalue weighted by Crippen LogP contribution is -2.50. The van der Waals surface area contributed by atoms with E-state index in [0.717, 1.165) is 12.0 Å². The van der Waals surface area contributed by atoms with Gasteiger partial charge in [0.05, 0.1) is 6.04 Å². The molecule has 1 aliphatic heterocycles. The zero-order chi connectivity index (χ0) is 16.3. The summed E-state index contributed by atoms with van der Waals surface area (Å²) in [4.78, 5) is 26.2. The minimum atomic E-state index is -0.446. The molecule has 1 aromatic carbocycles. The van der Waals surface area contributed by atoms with Crippen molar-refractivity contribution < 1.29 is 14.0 Å². The van der Waals surface area contributed by atoms with Crippen LogP contribution in [0.15, 0.2) is 24.3 Å². The highest BCUT2D eigenvalue weighted by molar-refractivity contribution is 5.89. The molecule has 1 fully saturated rings. The molecule has 22 heavy (non-hydrogen) atoms. The van der Waals surface area contributed by atoms with Gasteiger partial charge in [0.2, 0.25) is 11.8 Å². The van der Waals surface area contributed by atoms with E-state index in [1.54, 1.807) is 17.0 Å². The van der Waals surface area contributed by atoms with Gasteiger partial charge < -0.3 is 10.2 Å². The fourth-order valence-corrected chi connectivity index (χ4v) is 2.90. The number of benzene rings is 1. The van der Waals surface area contributed by atoms with Gasteiger partial charge in [0.1, 0.15) is 11.9 Å². The third kappa shape index (κ3) is 3.64. The molecular weight excluding hydrogens is 283 g/mol. The van der Waals surface area contributed by atoms with Crippen LogP contribution in [0.25, 0.3) is 0 Å². The van der Waals surface area contributed by atoms with Crippen molar-refractivity contribution in [3.05, 3.63) is 35.6 Å². The van der Waals surface area contributed by atoms with Gasteiger partial charge in [0.15, 0.2) is 0 Å². The third-order valence-corrected chi connectivity index (χ3v) is 4.07. The highest BCUT2D eigenvalue weighted by Crippen LogP contribution is 2.21. The Hall–Kier alpha value is -1.91. The van der Waals surface area contributed by atoms with Crippen LogP contribution in [-0.4, -0.2) is 29.3 Å². The molecule has 0 aromatic heterocycles. The number of rotatable bonds is 5. The molecule has 5 heteroatoms. The molecule has 1 aromatic rings. The van der Waals surface area contributed by atoms with Crippen LogP contribution in [0.1, 0.15) is 45.2 Å². The van der Waals surface area contributed by atoms with Crippen molar-refractivity contribution in [2.45, 2.75) is 45.7 Å². The number of hydrogen-bond donors (Lipinski definition) is 1. The summed E-state index contributed by atoms with van der Waals surface area (Å²) < 4.78 is 13.0. The molecule has 0 saturated carbocycles. The standard InChI is InChI=1S/C17H23FN2O2/c1-11(2)16(20-10-4-5-15(20)21)17(22)19-12(3)13-6-8-14(18)9-7-13/h6-9,11-12,16H,4-5,10H2,1-3H3,(H,19,22). The van der Waals surface area contributed by atoms with E-state index >= 15 is 0 Å². The Balaban J connectivity index is 2.07. The lowest BCUT2D eigenvalue weighted by atomic mass is 10.0. The summed E-state index contributed by atoms with van der Waals surface area (Å²) in [5, 5.41) is 2.94. The average molecular weight is 306 g/mol. The Labute approximate surface area is 130 Å². The molecule has 0 spiro atoms. The molecule has 0 radical (unpaired) electrons. The van der Waals surface area contributed by atoms with Gasteiger partial charge in [-0.3, -0.25) is 9.59 Å². The van der Waals surface area contributed by atoms with E-state index < -0.39 is 6.04 Å². The van der Waals surface area contributed by atoms with Gasteiger partial charge in [-0.2, -0.15) is 0 Å². The van der Waals surface area contributed by atoms with E-state index in [2.05, 4.69) is 5.32 Å². The minimum absolute atomic E-state index is 0.0440. The van der Waals surface area contributed by atoms with Crippen LogP contribution in [0.3, 0.4) is 0 Å². The second-order valence-electron chi connectivity index (χ2n) is 6.16.